The molecule has 0 spiro atoms. The molecule has 100 valence electrons. The van der Waals surface area contributed by atoms with Crippen molar-refractivity contribution in [3.63, 3.8) is 0 Å². The Labute approximate surface area is 114 Å². The van der Waals surface area contributed by atoms with Gasteiger partial charge >= 0.3 is 0 Å². The van der Waals surface area contributed by atoms with Crippen molar-refractivity contribution < 1.29 is 4.79 Å². The van der Waals surface area contributed by atoms with Gasteiger partial charge in [-0.2, -0.15) is 0 Å². The van der Waals surface area contributed by atoms with Crippen LogP contribution < -0.4 is 10.9 Å². The molecule has 0 aliphatic rings. The van der Waals surface area contributed by atoms with Crippen LogP contribution in [0.4, 0.5) is 5.69 Å². The number of hydrogen-bond donors (Lipinski definition) is 3. The zero-order valence-electron chi connectivity index (χ0n) is 10.9. The molecule has 2 aromatic heterocycles. The first-order valence-electron chi connectivity index (χ1n) is 6.22. The molecule has 0 bridgehead atoms. The van der Waals surface area contributed by atoms with E-state index in [9.17, 15) is 9.59 Å². The first-order valence-corrected chi connectivity index (χ1v) is 6.22. The van der Waals surface area contributed by atoms with Gasteiger partial charge in [0.2, 0.25) is 5.91 Å². The number of H-pyrrole nitrogens is 2. The Kier molecular flexibility index (Phi) is 2.87. The first kappa shape index (κ1) is 12.2. The molecule has 0 atom stereocenters. The summed E-state index contributed by atoms with van der Waals surface area (Å²) < 4.78 is 0. The molecule has 20 heavy (non-hydrogen) atoms. The quantitative estimate of drug-likeness (QED) is 0.667. The number of fused-ring (bicyclic) bond motifs is 1. The maximum Gasteiger partial charge on any atom is 0.272 e. The average molecular weight is 267 g/mol. The number of hydrogen-bond acceptors (Lipinski definition) is 2. The molecule has 3 rings (SSSR count). The molecule has 1 aromatic carbocycles. The van der Waals surface area contributed by atoms with Crippen molar-refractivity contribution in [1.82, 2.24) is 9.97 Å². The van der Waals surface area contributed by atoms with Crippen LogP contribution in [-0.2, 0) is 4.79 Å². The van der Waals surface area contributed by atoms with E-state index in [-0.39, 0.29) is 11.5 Å². The minimum Gasteiger partial charge on any atom is -0.357 e. The van der Waals surface area contributed by atoms with E-state index in [4.69, 9.17) is 0 Å². The summed E-state index contributed by atoms with van der Waals surface area (Å²) in [6.07, 6.45) is 3.45. The summed E-state index contributed by atoms with van der Waals surface area (Å²) in [4.78, 5) is 28.3. The van der Waals surface area contributed by atoms with E-state index in [1.54, 1.807) is 12.4 Å². The van der Waals surface area contributed by atoms with Crippen LogP contribution >= 0.6 is 0 Å². The van der Waals surface area contributed by atoms with Gasteiger partial charge in [0, 0.05) is 36.0 Å². The van der Waals surface area contributed by atoms with E-state index in [1.165, 1.54) is 6.92 Å². The molecular weight excluding hydrogens is 254 g/mol. The Morgan fingerprint density at radius 2 is 1.85 bits per heavy atom. The van der Waals surface area contributed by atoms with Gasteiger partial charge in [-0.15, -0.1) is 0 Å². The minimum absolute atomic E-state index is 0.102. The number of carbonyl (C=O) groups is 1. The monoisotopic (exact) mass is 267 g/mol. The number of carbonyl (C=O) groups excluding carboxylic acids is 1. The summed E-state index contributed by atoms with van der Waals surface area (Å²) in [5, 5.41) is 3.60. The number of aromatic amines is 2. The van der Waals surface area contributed by atoms with Gasteiger partial charge in [0.1, 0.15) is 5.52 Å². The molecule has 3 N–H and O–H groups in total. The number of pyridine rings is 1. The second-order valence-corrected chi connectivity index (χ2v) is 4.56. The van der Waals surface area contributed by atoms with E-state index in [0.29, 0.717) is 5.52 Å². The van der Waals surface area contributed by atoms with Gasteiger partial charge in [0.05, 0.1) is 0 Å². The van der Waals surface area contributed by atoms with Crippen LogP contribution in [0.2, 0.25) is 0 Å². The van der Waals surface area contributed by atoms with Crippen molar-refractivity contribution in [2.45, 2.75) is 6.92 Å². The molecule has 0 radical (unpaired) electrons. The number of anilines is 1. The van der Waals surface area contributed by atoms with Gasteiger partial charge in [0.15, 0.2) is 0 Å². The number of benzene rings is 1. The fourth-order valence-corrected chi connectivity index (χ4v) is 2.24. The normalized spacial score (nSPS) is 10.7. The molecular formula is C15H13N3O2. The molecule has 2 heterocycles. The van der Waals surface area contributed by atoms with Crippen LogP contribution in [0, 0.1) is 0 Å². The van der Waals surface area contributed by atoms with E-state index in [1.807, 2.05) is 30.3 Å². The van der Waals surface area contributed by atoms with Crippen LogP contribution in [0.3, 0.4) is 0 Å². The second-order valence-electron chi connectivity index (χ2n) is 4.56. The molecule has 0 aliphatic carbocycles. The number of amides is 1. The van der Waals surface area contributed by atoms with Gasteiger partial charge in [-0.1, -0.05) is 12.1 Å². The molecule has 5 nitrogen and oxygen atoms in total. The Bertz CT molecular complexity index is 828. The average Bonchev–Trinajstić information content (AvgIpc) is 2.90. The Morgan fingerprint density at radius 1 is 1.10 bits per heavy atom. The lowest BCUT2D eigenvalue weighted by molar-refractivity contribution is -0.114. The number of aromatic nitrogens is 2. The Morgan fingerprint density at radius 3 is 2.55 bits per heavy atom. The second kappa shape index (κ2) is 4.70. The minimum atomic E-state index is -0.136. The predicted octanol–water partition coefficient (Wildman–Crippen LogP) is 2.48. The highest BCUT2D eigenvalue weighted by atomic mass is 16.1. The highest BCUT2D eigenvalue weighted by Gasteiger charge is 2.07. The largest absolute Gasteiger partial charge is 0.357 e. The van der Waals surface area contributed by atoms with Crippen LogP contribution in [0.5, 0.6) is 0 Å². The topological polar surface area (TPSA) is 77.8 Å². The Hall–Kier alpha value is -2.82. The van der Waals surface area contributed by atoms with Gasteiger partial charge in [0.25, 0.3) is 5.56 Å². The highest BCUT2D eigenvalue weighted by molar-refractivity contribution is 5.94. The standard InChI is InChI=1S/C15H13N3O2/c1-9(19)18-11-4-2-10(3-5-11)13-8-17-15(20)14-12(13)6-7-16-14/h2-8,16H,1H3,(H,17,20)(H,18,19). The van der Waals surface area contributed by atoms with Crippen LogP contribution in [-0.4, -0.2) is 15.9 Å². The predicted molar refractivity (Wildman–Crippen MR) is 78.7 cm³/mol. The third-order valence-corrected chi connectivity index (χ3v) is 3.13. The zero-order chi connectivity index (χ0) is 14.1. The van der Waals surface area contributed by atoms with Crippen molar-refractivity contribution in [3.05, 3.63) is 53.1 Å². The van der Waals surface area contributed by atoms with E-state index in [0.717, 1.165) is 22.2 Å². The fraction of sp³-hybridized carbons (Fsp3) is 0.0667. The molecule has 0 saturated carbocycles. The van der Waals surface area contributed by atoms with Crippen molar-refractivity contribution in [2.75, 3.05) is 5.32 Å². The summed E-state index contributed by atoms with van der Waals surface area (Å²) in [5.41, 5.74) is 3.09. The molecule has 5 heteroatoms. The van der Waals surface area contributed by atoms with Crippen molar-refractivity contribution in [2.24, 2.45) is 0 Å². The number of nitrogens with one attached hydrogen (secondary N) is 3. The maximum absolute atomic E-state index is 11.7. The van der Waals surface area contributed by atoms with Gasteiger partial charge in [-0.05, 0) is 23.8 Å². The van der Waals surface area contributed by atoms with Crippen LogP contribution in [0.25, 0.3) is 22.0 Å². The maximum atomic E-state index is 11.7. The molecule has 0 fully saturated rings. The van der Waals surface area contributed by atoms with Crippen LogP contribution in [0.15, 0.2) is 47.5 Å². The summed E-state index contributed by atoms with van der Waals surface area (Å²) in [5.74, 6) is -0.102. The van der Waals surface area contributed by atoms with E-state index >= 15 is 0 Å². The van der Waals surface area contributed by atoms with Gasteiger partial charge < -0.3 is 15.3 Å². The van der Waals surface area contributed by atoms with Gasteiger partial charge in [-0.3, -0.25) is 9.59 Å². The molecule has 0 aliphatic heterocycles. The molecule has 1 amide bonds. The van der Waals surface area contributed by atoms with Crippen LogP contribution in [0.1, 0.15) is 6.92 Å². The summed E-state index contributed by atoms with van der Waals surface area (Å²) >= 11 is 0. The summed E-state index contributed by atoms with van der Waals surface area (Å²) in [6.45, 7) is 1.47. The summed E-state index contributed by atoms with van der Waals surface area (Å²) in [6, 6.07) is 9.36. The third-order valence-electron chi connectivity index (χ3n) is 3.13. The van der Waals surface area contributed by atoms with E-state index < -0.39 is 0 Å². The first-order chi connectivity index (χ1) is 9.65. The van der Waals surface area contributed by atoms with Crippen molar-refractivity contribution in [1.29, 1.82) is 0 Å². The Balaban J connectivity index is 2.07. The van der Waals surface area contributed by atoms with Crippen molar-refractivity contribution in [3.8, 4) is 11.1 Å². The molecule has 3 aromatic rings. The number of rotatable bonds is 2. The lowest BCUT2D eigenvalue weighted by atomic mass is 10.0. The molecule has 0 saturated heterocycles. The van der Waals surface area contributed by atoms with Gasteiger partial charge in [-0.25, -0.2) is 0 Å². The smallest absolute Gasteiger partial charge is 0.272 e. The van der Waals surface area contributed by atoms with Crippen molar-refractivity contribution >= 4 is 22.5 Å². The lowest BCUT2D eigenvalue weighted by Gasteiger charge is -2.06. The third kappa shape index (κ3) is 2.09. The van der Waals surface area contributed by atoms with E-state index in [2.05, 4.69) is 15.3 Å². The fourth-order valence-electron chi connectivity index (χ4n) is 2.24. The molecule has 0 unspecified atom stereocenters. The summed E-state index contributed by atoms with van der Waals surface area (Å²) in [7, 11) is 0. The zero-order valence-corrected chi connectivity index (χ0v) is 10.9. The lowest BCUT2D eigenvalue weighted by Crippen LogP contribution is -2.06. The SMILES string of the molecule is CC(=O)Nc1ccc(-c2c[nH]c(=O)c3[nH]ccc23)cc1. The highest BCUT2D eigenvalue weighted by Crippen LogP contribution is 2.26.